The van der Waals surface area contributed by atoms with E-state index in [2.05, 4.69) is 86.5 Å². The fourth-order valence-electron chi connectivity index (χ4n) is 1.91. The van der Waals surface area contributed by atoms with Crippen LogP contribution < -0.4 is 0 Å². The average molecular weight is 341 g/mol. The predicted molar refractivity (Wildman–Crippen MR) is 84.0 cm³/mol. The summed E-state index contributed by atoms with van der Waals surface area (Å²) in [7, 11) is 0. The van der Waals surface area contributed by atoms with Crippen LogP contribution in [0.25, 0.3) is 10.9 Å². The van der Waals surface area contributed by atoms with Crippen LogP contribution in [0.2, 0.25) is 0 Å². The molecule has 0 fully saturated rings. The van der Waals surface area contributed by atoms with E-state index in [-0.39, 0.29) is 8.84 Å². The van der Waals surface area contributed by atoms with Crippen LogP contribution in [0.4, 0.5) is 0 Å². The molecule has 92 valence electrons. The SMILES string of the molecule is CC(C)(C)c1cc2cc(C(C)(C)I)ccc2[nH]1. The van der Waals surface area contributed by atoms with Crippen LogP contribution in [0.15, 0.2) is 24.3 Å². The van der Waals surface area contributed by atoms with Gasteiger partial charge in [0.25, 0.3) is 0 Å². The second-order valence-corrected chi connectivity index (χ2v) is 8.90. The number of hydrogen-bond acceptors (Lipinski definition) is 0. The van der Waals surface area contributed by atoms with Crippen LogP contribution >= 0.6 is 22.6 Å². The van der Waals surface area contributed by atoms with E-state index in [0.717, 1.165) is 0 Å². The van der Waals surface area contributed by atoms with Gasteiger partial charge in [0.2, 0.25) is 0 Å². The number of benzene rings is 1. The molecule has 0 saturated carbocycles. The molecule has 0 unspecified atom stereocenters. The first-order chi connectivity index (χ1) is 7.68. The van der Waals surface area contributed by atoms with Gasteiger partial charge in [0.15, 0.2) is 0 Å². The largest absolute Gasteiger partial charge is 0.358 e. The number of halogens is 1. The molecule has 0 aliphatic rings. The molecule has 1 aromatic carbocycles. The summed E-state index contributed by atoms with van der Waals surface area (Å²) in [6, 6.07) is 8.99. The lowest BCUT2D eigenvalue weighted by Crippen LogP contribution is -2.10. The zero-order chi connectivity index (χ0) is 12.8. The van der Waals surface area contributed by atoms with Crippen molar-refractivity contribution >= 4 is 33.5 Å². The fourth-order valence-corrected chi connectivity index (χ4v) is 2.24. The number of fused-ring (bicyclic) bond motifs is 1. The van der Waals surface area contributed by atoms with Gasteiger partial charge in [-0.25, -0.2) is 0 Å². The summed E-state index contributed by atoms with van der Waals surface area (Å²) in [5.41, 5.74) is 4.10. The Balaban J connectivity index is 2.56. The van der Waals surface area contributed by atoms with E-state index >= 15 is 0 Å². The zero-order valence-corrected chi connectivity index (χ0v) is 13.3. The molecule has 0 aliphatic heterocycles. The molecule has 1 nitrogen and oxygen atoms in total. The van der Waals surface area contributed by atoms with Crippen molar-refractivity contribution < 1.29 is 0 Å². The van der Waals surface area contributed by atoms with Gasteiger partial charge in [-0.15, -0.1) is 0 Å². The highest BCUT2D eigenvalue weighted by Gasteiger charge is 2.19. The Hall–Kier alpha value is -0.510. The summed E-state index contributed by atoms with van der Waals surface area (Å²) in [5, 5.41) is 1.32. The molecule has 0 aliphatic carbocycles. The maximum Gasteiger partial charge on any atom is 0.0456 e. The summed E-state index contributed by atoms with van der Waals surface area (Å²) < 4.78 is 0.186. The Morgan fingerprint density at radius 3 is 2.18 bits per heavy atom. The van der Waals surface area contributed by atoms with E-state index < -0.39 is 0 Å². The minimum atomic E-state index is 0.180. The van der Waals surface area contributed by atoms with Gasteiger partial charge >= 0.3 is 0 Å². The van der Waals surface area contributed by atoms with Crippen molar-refractivity contribution in [1.82, 2.24) is 4.98 Å². The Bertz CT molecular complexity index is 526. The first-order valence-corrected chi connectivity index (χ1v) is 7.08. The third-order valence-corrected chi connectivity index (χ3v) is 3.74. The van der Waals surface area contributed by atoms with Gasteiger partial charge in [-0.2, -0.15) is 0 Å². The lowest BCUT2D eigenvalue weighted by atomic mass is 9.92. The smallest absolute Gasteiger partial charge is 0.0456 e. The van der Waals surface area contributed by atoms with Gasteiger partial charge in [-0.3, -0.25) is 0 Å². The summed E-state index contributed by atoms with van der Waals surface area (Å²) in [6.45, 7) is 11.2. The minimum Gasteiger partial charge on any atom is -0.358 e. The molecule has 17 heavy (non-hydrogen) atoms. The first kappa shape index (κ1) is 12.9. The summed E-state index contributed by atoms with van der Waals surface area (Å²) >= 11 is 2.49. The maximum atomic E-state index is 3.51. The van der Waals surface area contributed by atoms with Crippen molar-refractivity contribution in [2.75, 3.05) is 0 Å². The molecule has 0 saturated heterocycles. The van der Waals surface area contributed by atoms with Crippen molar-refractivity contribution in [1.29, 1.82) is 0 Å². The lowest BCUT2D eigenvalue weighted by Gasteiger charge is -2.16. The number of alkyl halides is 1. The van der Waals surface area contributed by atoms with Crippen molar-refractivity contribution in [3.05, 3.63) is 35.5 Å². The third kappa shape index (κ3) is 2.67. The topological polar surface area (TPSA) is 15.8 Å². The summed E-state index contributed by atoms with van der Waals surface area (Å²) in [4.78, 5) is 3.51. The lowest BCUT2D eigenvalue weighted by molar-refractivity contribution is 0.574. The Labute approximate surface area is 117 Å². The zero-order valence-electron chi connectivity index (χ0n) is 11.2. The molecule has 0 spiro atoms. The van der Waals surface area contributed by atoms with Crippen LogP contribution in [0, 0.1) is 0 Å². The monoisotopic (exact) mass is 341 g/mol. The van der Waals surface area contributed by atoms with Gasteiger partial charge in [0.1, 0.15) is 0 Å². The Morgan fingerprint density at radius 2 is 1.65 bits per heavy atom. The van der Waals surface area contributed by atoms with Crippen LogP contribution in [0.1, 0.15) is 45.9 Å². The van der Waals surface area contributed by atoms with Crippen molar-refractivity contribution in [2.45, 2.75) is 43.5 Å². The average Bonchev–Trinajstić information content (AvgIpc) is 2.57. The summed E-state index contributed by atoms with van der Waals surface area (Å²) in [5.74, 6) is 0. The first-order valence-electron chi connectivity index (χ1n) is 6.00. The van der Waals surface area contributed by atoms with Gasteiger partial charge < -0.3 is 4.98 Å². The third-order valence-electron chi connectivity index (χ3n) is 3.12. The number of aromatic amines is 1. The van der Waals surface area contributed by atoms with E-state index in [0.29, 0.717) is 0 Å². The molecule has 0 radical (unpaired) electrons. The molecule has 1 N–H and O–H groups in total. The van der Waals surface area contributed by atoms with Gasteiger partial charge in [0, 0.05) is 20.0 Å². The van der Waals surface area contributed by atoms with Crippen molar-refractivity contribution in [3.8, 4) is 0 Å². The molecule has 0 amide bonds. The molecule has 1 heterocycles. The molecule has 1 aromatic heterocycles. The van der Waals surface area contributed by atoms with Crippen molar-refractivity contribution in [3.63, 3.8) is 0 Å². The van der Waals surface area contributed by atoms with Gasteiger partial charge in [0.05, 0.1) is 0 Å². The molecule has 2 heteroatoms. The van der Waals surface area contributed by atoms with Crippen molar-refractivity contribution in [2.24, 2.45) is 0 Å². The van der Waals surface area contributed by atoms with Gasteiger partial charge in [-0.05, 0) is 43.0 Å². The maximum absolute atomic E-state index is 3.51. The normalized spacial score (nSPS) is 13.3. The van der Waals surface area contributed by atoms with Crippen LogP contribution in [-0.4, -0.2) is 4.98 Å². The fraction of sp³-hybridized carbons (Fsp3) is 0.467. The van der Waals surface area contributed by atoms with E-state index in [1.54, 1.807) is 0 Å². The van der Waals surface area contributed by atoms with Gasteiger partial charge in [-0.1, -0.05) is 49.4 Å². The molecule has 2 rings (SSSR count). The number of aromatic nitrogens is 1. The molecule has 0 atom stereocenters. The van der Waals surface area contributed by atoms with Crippen LogP contribution in [0.5, 0.6) is 0 Å². The molecular formula is C15H20IN. The summed E-state index contributed by atoms with van der Waals surface area (Å²) in [6.07, 6.45) is 0. The Morgan fingerprint density at radius 1 is 1.00 bits per heavy atom. The predicted octanol–water partition coefficient (Wildman–Crippen LogP) is 5.14. The highest BCUT2D eigenvalue weighted by molar-refractivity contribution is 14.1. The highest BCUT2D eigenvalue weighted by atomic mass is 127. The number of nitrogens with one attached hydrogen (secondary N) is 1. The molecule has 0 bridgehead atoms. The second kappa shape index (κ2) is 4.01. The highest BCUT2D eigenvalue weighted by Crippen LogP contribution is 2.33. The second-order valence-electron chi connectivity index (χ2n) is 6.21. The standard InChI is InChI=1S/C15H20IN/c1-14(2,3)13-9-10-8-11(15(4,5)16)6-7-12(10)17-13/h6-9,17H,1-5H3. The quantitative estimate of drug-likeness (QED) is 0.546. The minimum absolute atomic E-state index is 0.180. The van der Waals surface area contributed by atoms with Crippen LogP contribution in [0.3, 0.4) is 0 Å². The van der Waals surface area contributed by atoms with Crippen LogP contribution in [-0.2, 0) is 8.84 Å². The number of rotatable bonds is 1. The molecule has 2 aromatic rings. The number of hydrogen-bond donors (Lipinski definition) is 1. The number of H-pyrrole nitrogens is 1. The van der Waals surface area contributed by atoms with E-state index in [4.69, 9.17) is 0 Å². The van der Waals surface area contributed by atoms with E-state index in [1.165, 1.54) is 22.2 Å². The molecular weight excluding hydrogens is 321 g/mol. The van der Waals surface area contributed by atoms with E-state index in [1.807, 2.05) is 0 Å². The van der Waals surface area contributed by atoms with E-state index in [9.17, 15) is 0 Å². The Kier molecular flexibility index (Phi) is 3.05.